The molecule has 3 nitrogen and oxygen atoms in total. The normalized spacial score (nSPS) is 13.1. The van der Waals surface area contributed by atoms with E-state index in [2.05, 4.69) is 0 Å². The molecule has 0 radical (unpaired) electrons. The van der Waals surface area contributed by atoms with Crippen molar-refractivity contribution in [3.8, 4) is 0 Å². The van der Waals surface area contributed by atoms with Gasteiger partial charge in [0.1, 0.15) is 5.82 Å². The highest BCUT2D eigenvalue weighted by molar-refractivity contribution is 7.90. The molecule has 0 heterocycles. The van der Waals surface area contributed by atoms with E-state index in [-0.39, 0.29) is 5.56 Å². The van der Waals surface area contributed by atoms with E-state index in [1.165, 1.54) is 18.2 Å². The molecule has 0 aromatic heterocycles. The van der Waals surface area contributed by atoms with E-state index >= 15 is 0 Å². The Morgan fingerprint density at radius 2 is 1.68 bits per heavy atom. The van der Waals surface area contributed by atoms with Gasteiger partial charge in [-0.2, -0.15) is 0 Å². The van der Waals surface area contributed by atoms with Gasteiger partial charge in [0.15, 0.2) is 9.84 Å². The van der Waals surface area contributed by atoms with Gasteiger partial charge >= 0.3 is 0 Å². The molecule has 0 aliphatic heterocycles. The topological polar surface area (TPSA) is 54.4 Å². The Labute approximate surface area is 130 Å². The zero-order chi connectivity index (χ0) is 16.3. The van der Waals surface area contributed by atoms with Gasteiger partial charge in [-0.05, 0) is 25.5 Å². The van der Waals surface area contributed by atoms with Crippen LogP contribution in [0.25, 0.3) is 0 Å². The Hall–Kier alpha value is -1.72. The first kappa shape index (κ1) is 16.6. The van der Waals surface area contributed by atoms with Crippen LogP contribution in [0.2, 0.25) is 0 Å². The summed E-state index contributed by atoms with van der Waals surface area (Å²) in [4.78, 5) is 0. The van der Waals surface area contributed by atoms with Gasteiger partial charge in [0.05, 0.1) is 17.6 Å². The number of aliphatic hydroxyl groups is 1. The first-order chi connectivity index (χ1) is 10.3. The molecule has 2 aromatic carbocycles. The third-order valence-electron chi connectivity index (χ3n) is 3.37. The van der Waals surface area contributed by atoms with Gasteiger partial charge in [-0.15, -0.1) is 0 Å². The summed E-state index contributed by atoms with van der Waals surface area (Å²) in [5, 5.41) is 10.2. The molecule has 0 bridgehead atoms. The number of hydrogen-bond donors (Lipinski definition) is 1. The smallest absolute Gasteiger partial charge is 0.157 e. The van der Waals surface area contributed by atoms with Crippen LogP contribution in [-0.2, 0) is 15.6 Å². The highest BCUT2D eigenvalue weighted by Crippen LogP contribution is 2.21. The number of sulfone groups is 1. The summed E-state index contributed by atoms with van der Waals surface area (Å²) in [5.74, 6) is -1.39. The van der Waals surface area contributed by atoms with Gasteiger partial charge in [-0.3, -0.25) is 0 Å². The van der Waals surface area contributed by atoms with Crippen LogP contribution in [0.5, 0.6) is 0 Å². The van der Waals surface area contributed by atoms with Crippen molar-refractivity contribution >= 4 is 9.84 Å². The standard InChI is InChI=1S/C17H19FO3S/c1-12-7-13(2)9-15(8-12)17(19)11-22(20,21)10-14-5-3-4-6-16(14)18/h3-9,17,19H,10-11H2,1-2H3. The van der Waals surface area contributed by atoms with Crippen LogP contribution in [0.4, 0.5) is 4.39 Å². The fourth-order valence-corrected chi connectivity index (χ4v) is 3.95. The molecule has 1 N–H and O–H groups in total. The molecule has 0 spiro atoms. The lowest BCUT2D eigenvalue weighted by Crippen LogP contribution is -2.17. The Bertz CT molecular complexity index is 749. The molecule has 0 saturated heterocycles. The van der Waals surface area contributed by atoms with Crippen molar-refractivity contribution in [2.24, 2.45) is 0 Å². The molecule has 2 aromatic rings. The molecule has 0 aliphatic carbocycles. The third-order valence-corrected chi connectivity index (χ3v) is 4.95. The lowest BCUT2D eigenvalue weighted by Gasteiger charge is -2.13. The van der Waals surface area contributed by atoms with E-state index in [0.717, 1.165) is 11.1 Å². The minimum atomic E-state index is -3.62. The molecular formula is C17H19FO3S. The Morgan fingerprint density at radius 3 is 2.27 bits per heavy atom. The van der Waals surface area contributed by atoms with E-state index in [1.54, 1.807) is 18.2 Å². The summed E-state index contributed by atoms with van der Waals surface area (Å²) in [5.41, 5.74) is 2.60. The van der Waals surface area contributed by atoms with Crippen LogP contribution in [0.3, 0.4) is 0 Å². The highest BCUT2D eigenvalue weighted by atomic mass is 32.2. The zero-order valence-corrected chi connectivity index (χ0v) is 13.4. The SMILES string of the molecule is Cc1cc(C)cc(C(O)CS(=O)(=O)Cc2ccccc2F)c1. The summed E-state index contributed by atoms with van der Waals surface area (Å²) >= 11 is 0. The number of benzene rings is 2. The van der Waals surface area contributed by atoms with Crippen molar-refractivity contribution in [1.29, 1.82) is 0 Å². The van der Waals surface area contributed by atoms with Crippen LogP contribution in [0.15, 0.2) is 42.5 Å². The first-order valence-electron chi connectivity index (χ1n) is 6.97. The van der Waals surface area contributed by atoms with Crippen LogP contribution < -0.4 is 0 Å². The van der Waals surface area contributed by atoms with Gasteiger partial charge in [-0.25, -0.2) is 12.8 Å². The largest absolute Gasteiger partial charge is 0.387 e. The Kier molecular flexibility index (Phi) is 4.98. The molecule has 0 saturated carbocycles. The van der Waals surface area contributed by atoms with Crippen LogP contribution >= 0.6 is 0 Å². The molecule has 0 fully saturated rings. The average Bonchev–Trinajstić information content (AvgIpc) is 2.39. The van der Waals surface area contributed by atoms with Crippen molar-refractivity contribution in [1.82, 2.24) is 0 Å². The zero-order valence-electron chi connectivity index (χ0n) is 12.6. The molecule has 1 unspecified atom stereocenters. The van der Waals surface area contributed by atoms with Gasteiger partial charge < -0.3 is 5.11 Å². The first-order valence-corrected chi connectivity index (χ1v) is 8.79. The number of hydrogen-bond acceptors (Lipinski definition) is 3. The quantitative estimate of drug-likeness (QED) is 0.920. The van der Waals surface area contributed by atoms with E-state index in [1.807, 2.05) is 19.9 Å². The number of rotatable bonds is 5. The maximum atomic E-state index is 13.6. The lowest BCUT2D eigenvalue weighted by molar-refractivity contribution is 0.201. The molecule has 0 amide bonds. The number of aliphatic hydroxyl groups excluding tert-OH is 1. The lowest BCUT2D eigenvalue weighted by atomic mass is 10.0. The van der Waals surface area contributed by atoms with Gasteiger partial charge in [0.2, 0.25) is 0 Å². The van der Waals surface area contributed by atoms with Gasteiger partial charge in [0.25, 0.3) is 0 Å². The molecule has 118 valence electrons. The second-order valence-electron chi connectivity index (χ2n) is 5.58. The maximum absolute atomic E-state index is 13.6. The molecule has 5 heteroatoms. The summed E-state index contributed by atoms with van der Waals surface area (Å²) in [7, 11) is -3.62. The van der Waals surface area contributed by atoms with Gasteiger partial charge in [-0.1, -0.05) is 47.5 Å². The molecule has 0 aliphatic rings. The second-order valence-corrected chi connectivity index (χ2v) is 7.69. The summed E-state index contributed by atoms with van der Waals surface area (Å²) in [6, 6.07) is 11.2. The summed E-state index contributed by atoms with van der Waals surface area (Å²) < 4.78 is 37.9. The second kappa shape index (κ2) is 6.58. The fourth-order valence-electron chi connectivity index (χ4n) is 2.45. The van der Waals surface area contributed by atoms with Crippen molar-refractivity contribution in [3.05, 3.63) is 70.5 Å². The van der Waals surface area contributed by atoms with E-state index < -0.39 is 33.3 Å². The third kappa shape index (κ3) is 4.39. The minimum absolute atomic E-state index is 0.120. The Morgan fingerprint density at radius 1 is 1.09 bits per heavy atom. The number of aryl methyl sites for hydroxylation is 2. The maximum Gasteiger partial charge on any atom is 0.157 e. The molecular weight excluding hydrogens is 303 g/mol. The Balaban J connectivity index is 2.16. The summed E-state index contributed by atoms with van der Waals surface area (Å²) in [6.45, 7) is 3.77. The van der Waals surface area contributed by atoms with Crippen molar-refractivity contribution in [2.45, 2.75) is 25.7 Å². The van der Waals surface area contributed by atoms with Crippen molar-refractivity contribution < 1.29 is 17.9 Å². The van der Waals surface area contributed by atoms with Crippen molar-refractivity contribution in [2.75, 3.05) is 5.75 Å². The predicted molar refractivity (Wildman–Crippen MR) is 84.8 cm³/mol. The monoisotopic (exact) mass is 322 g/mol. The highest BCUT2D eigenvalue weighted by Gasteiger charge is 2.21. The summed E-state index contributed by atoms with van der Waals surface area (Å²) in [6.07, 6.45) is -1.12. The molecule has 2 rings (SSSR count). The molecule has 1 atom stereocenters. The van der Waals surface area contributed by atoms with E-state index in [4.69, 9.17) is 0 Å². The van der Waals surface area contributed by atoms with E-state index in [0.29, 0.717) is 5.56 Å². The van der Waals surface area contributed by atoms with Crippen LogP contribution in [-0.4, -0.2) is 19.3 Å². The van der Waals surface area contributed by atoms with E-state index in [9.17, 15) is 17.9 Å². The minimum Gasteiger partial charge on any atom is -0.387 e. The van der Waals surface area contributed by atoms with Crippen LogP contribution in [0.1, 0.15) is 28.4 Å². The van der Waals surface area contributed by atoms with Gasteiger partial charge in [0, 0.05) is 5.56 Å². The molecule has 22 heavy (non-hydrogen) atoms. The predicted octanol–water partition coefficient (Wildman–Crippen LogP) is 3.09. The number of halogens is 1. The van der Waals surface area contributed by atoms with Crippen LogP contribution in [0, 0.1) is 19.7 Å². The van der Waals surface area contributed by atoms with Crippen molar-refractivity contribution in [3.63, 3.8) is 0 Å². The fraction of sp³-hybridized carbons (Fsp3) is 0.294. The average molecular weight is 322 g/mol.